The topological polar surface area (TPSA) is 61.8 Å². The number of rotatable bonds is 9. The second kappa shape index (κ2) is 9.08. The first-order valence-electron chi connectivity index (χ1n) is 8.20. The molecule has 25 heavy (non-hydrogen) atoms. The van der Waals surface area contributed by atoms with Gasteiger partial charge in [0.15, 0.2) is 6.61 Å². The van der Waals surface area contributed by atoms with E-state index in [2.05, 4.69) is 13.2 Å². The first-order chi connectivity index (χ1) is 11.6. The van der Waals surface area contributed by atoms with Crippen molar-refractivity contribution in [1.29, 1.82) is 0 Å². The lowest BCUT2D eigenvalue weighted by Gasteiger charge is -2.38. The van der Waals surface area contributed by atoms with E-state index in [9.17, 15) is 18.4 Å². The van der Waals surface area contributed by atoms with Gasteiger partial charge in [-0.2, -0.15) is 0 Å². The largest absolute Gasteiger partial charge is 0.457 e. The van der Waals surface area contributed by atoms with E-state index in [1.807, 2.05) is 0 Å². The summed E-state index contributed by atoms with van der Waals surface area (Å²) < 4.78 is 41.7. The minimum absolute atomic E-state index is 0.0261. The second-order valence-corrected chi connectivity index (χ2v) is 6.69. The van der Waals surface area contributed by atoms with Gasteiger partial charge in [0.05, 0.1) is 18.8 Å². The molecule has 1 aliphatic rings. The first kappa shape index (κ1) is 21.3. The van der Waals surface area contributed by atoms with Gasteiger partial charge in [-0.05, 0) is 32.6 Å². The molecule has 1 rings (SSSR count). The summed E-state index contributed by atoms with van der Waals surface area (Å²) in [6, 6.07) is 0. The van der Waals surface area contributed by atoms with Crippen molar-refractivity contribution in [3.05, 3.63) is 24.8 Å². The number of esters is 2. The average Bonchev–Trinajstić information content (AvgIpc) is 2.51. The van der Waals surface area contributed by atoms with E-state index in [-0.39, 0.29) is 50.4 Å². The van der Waals surface area contributed by atoms with Crippen LogP contribution in [0.2, 0.25) is 0 Å². The van der Waals surface area contributed by atoms with Crippen molar-refractivity contribution in [2.75, 3.05) is 19.8 Å². The Morgan fingerprint density at radius 3 is 2.40 bits per heavy atom. The summed E-state index contributed by atoms with van der Waals surface area (Å²) in [7, 11) is 0. The molecule has 5 nitrogen and oxygen atoms in total. The minimum atomic E-state index is -2.64. The lowest BCUT2D eigenvalue weighted by atomic mass is 9.77. The van der Waals surface area contributed by atoms with Gasteiger partial charge in [0.25, 0.3) is 0 Å². The number of carbonyl (C=O) groups excluding carboxylic acids is 2. The molecule has 0 aromatic heterocycles. The van der Waals surface area contributed by atoms with Gasteiger partial charge >= 0.3 is 11.9 Å². The van der Waals surface area contributed by atoms with Gasteiger partial charge in [0.1, 0.15) is 5.60 Å². The zero-order chi connectivity index (χ0) is 19.1. The van der Waals surface area contributed by atoms with Crippen molar-refractivity contribution in [3.8, 4) is 0 Å². The fraction of sp³-hybridized carbons (Fsp3) is 0.667. The Balaban J connectivity index is 2.38. The highest BCUT2D eigenvalue weighted by molar-refractivity contribution is 5.89. The van der Waals surface area contributed by atoms with Crippen LogP contribution in [-0.4, -0.2) is 43.3 Å². The van der Waals surface area contributed by atoms with Crippen molar-refractivity contribution in [3.63, 3.8) is 0 Å². The standard InChI is InChI=1S/C18H26F2O5/c1-5-10-23-11-13(2)16(22)24-12-15(21)25-17(3,4)14-6-8-18(19,20)9-7-14/h5,14H,1-2,6-12H2,3-4H3. The van der Waals surface area contributed by atoms with Crippen LogP contribution in [0.5, 0.6) is 0 Å². The van der Waals surface area contributed by atoms with E-state index in [4.69, 9.17) is 14.2 Å². The minimum Gasteiger partial charge on any atom is -0.457 e. The number of hydrogen-bond acceptors (Lipinski definition) is 5. The van der Waals surface area contributed by atoms with Crippen LogP contribution in [0.1, 0.15) is 39.5 Å². The Hall–Kier alpha value is -1.76. The van der Waals surface area contributed by atoms with Crippen molar-refractivity contribution in [2.24, 2.45) is 5.92 Å². The summed E-state index contributed by atoms with van der Waals surface area (Å²) in [4.78, 5) is 23.6. The molecule has 142 valence electrons. The molecule has 0 radical (unpaired) electrons. The lowest BCUT2D eigenvalue weighted by molar-refractivity contribution is -0.174. The van der Waals surface area contributed by atoms with E-state index in [1.165, 1.54) is 6.08 Å². The Morgan fingerprint density at radius 1 is 1.24 bits per heavy atom. The van der Waals surface area contributed by atoms with Gasteiger partial charge in [-0.25, -0.2) is 18.4 Å². The molecule has 7 heteroatoms. The SMILES string of the molecule is C=CCOCC(=C)C(=O)OCC(=O)OC(C)(C)C1CCC(F)(F)CC1. The number of carbonyl (C=O) groups is 2. The maximum Gasteiger partial charge on any atom is 0.344 e. The summed E-state index contributed by atoms with van der Waals surface area (Å²) >= 11 is 0. The fourth-order valence-electron chi connectivity index (χ4n) is 2.69. The maximum absolute atomic E-state index is 13.2. The molecule has 1 aliphatic carbocycles. The zero-order valence-corrected chi connectivity index (χ0v) is 14.8. The van der Waals surface area contributed by atoms with E-state index >= 15 is 0 Å². The molecule has 0 atom stereocenters. The molecule has 0 spiro atoms. The molecule has 1 saturated carbocycles. The lowest BCUT2D eigenvalue weighted by Crippen LogP contribution is -2.41. The third kappa shape index (κ3) is 7.34. The van der Waals surface area contributed by atoms with Crippen LogP contribution in [0.4, 0.5) is 8.78 Å². The van der Waals surface area contributed by atoms with Crippen LogP contribution in [0, 0.1) is 5.92 Å². The Morgan fingerprint density at radius 2 is 1.84 bits per heavy atom. The van der Waals surface area contributed by atoms with Crippen molar-refractivity contribution >= 4 is 11.9 Å². The molecule has 0 aliphatic heterocycles. The van der Waals surface area contributed by atoms with E-state index in [1.54, 1.807) is 13.8 Å². The molecule has 0 unspecified atom stereocenters. The smallest absolute Gasteiger partial charge is 0.344 e. The van der Waals surface area contributed by atoms with Crippen LogP contribution in [0.15, 0.2) is 24.8 Å². The molecule has 0 aromatic carbocycles. The van der Waals surface area contributed by atoms with Gasteiger partial charge < -0.3 is 14.2 Å². The molecule has 0 aromatic rings. The summed E-state index contributed by atoms with van der Waals surface area (Å²) in [6.45, 7) is 10.0. The Bertz CT molecular complexity index is 504. The Labute approximate surface area is 147 Å². The van der Waals surface area contributed by atoms with Crippen LogP contribution in [0.3, 0.4) is 0 Å². The highest BCUT2D eigenvalue weighted by Gasteiger charge is 2.42. The molecule has 0 N–H and O–H groups in total. The van der Waals surface area contributed by atoms with Crippen molar-refractivity contribution in [2.45, 2.75) is 51.1 Å². The molecular formula is C18H26F2O5. The highest BCUT2D eigenvalue weighted by Crippen LogP contribution is 2.41. The first-order valence-corrected chi connectivity index (χ1v) is 8.20. The fourth-order valence-corrected chi connectivity index (χ4v) is 2.69. The Kier molecular flexibility index (Phi) is 7.73. The molecule has 0 saturated heterocycles. The molecular weight excluding hydrogens is 334 g/mol. The van der Waals surface area contributed by atoms with Gasteiger partial charge in [-0.3, -0.25) is 0 Å². The molecule has 0 amide bonds. The summed E-state index contributed by atoms with van der Waals surface area (Å²) in [5.41, 5.74) is -0.826. The summed E-state index contributed by atoms with van der Waals surface area (Å²) in [5.74, 6) is -4.28. The number of alkyl halides is 2. The van der Waals surface area contributed by atoms with Crippen molar-refractivity contribution in [1.82, 2.24) is 0 Å². The van der Waals surface area contributed by atoms with Crippen LogP contribution < -0.4 is 0 Å². The monoisotopic (exact) mass is 360 g/mol. The number of ether oxygens (including phenoxy) is 3. The average molecular weight is 360 g/mol. The highest BCUT2D eigenvalue weighted by atomic mass is 19.3. The quantitative estimate of drug-likeness (QED) is 0.273. The predicted octanol–water partition coefficient (Wildman–Crippen LogP) is 3.44. The van der Waals surface area contributed by atoms with Gasteiger partial charge in [-0.1, -0.05) is 12.7 Å². The number of halogens is 2. The van der Waals surface area contributed by atoms with Crippen molar-refractivity contribution < 1.29 is 32.6 Å². The second-order valence-electron chi connectivity index (χ2n) is 6.69. The van der Waals surface area contributed by atoms with Gasteiger partial charge in [0, 0.05) is 12.8 Å². The van der Waals surface area contributed by atoms with Crippen LogP contribution >= 0.6 is 0 Å². The van der Waals surface area contributed by atoms with E-state index in [0.29, 0.717) is 0 Å². The van der Waals surface area contributed by atoms with E-state index < -0.39 is 30.1 Å². The number of hydrogen-bond donors (Lipinski definition) is 0. The summed E-state index contributed by atoms with van der Waals surface area (Å²) in [5, 5.41) is 0. The van der Waals surface area contributed by atoms with Crippen LogP contribution in [-0.2, 0) is 23.8 Å². The zero-order valence-electron chi connectivity index (χ0n) is 14.8. The summed E-state index contributed by atoms with van der Waals surface area (Å²) in [6.07, 6.45) is 1.67. The van der Waals surface area contributed by atoms with Gasteiger partial charge in [-0.15, -0.1) is 6.58 Å². The van der Waals surface area contributed by atoms with E-state index in [0.717, 1.165) is 0 Å². The predicted molar refractivity (Wildman–Crippen MR) is 88.2 cm³/mol. The normalized spacial score (nSPS) is 17.6. The maximum atomic E-state index is 13.2. The molecule has 1 fully saturated rings. The third-order valence-corrected chi connectivity index (χ3v) is 4.20. The van der Waals surface area contributed by atoms with Gasteiger partial charge in [0.2, 0.25) is 5.92 Å². The molecule has 0 bridgehead atoms. The molecule has 0 heterocycles. The van der Waals surface area contributed by atoms with Crippen LogP contribution in [0.25, 0.3) is 0 Å². The third-order valence-electron chi connectivity index (χ3n) is 4.20.